The normalized spacial score (nSPS) is 22.8. The van der Waals surface area contributed by atoms with Crippen LogP contribution in [0.5, 0.6) is 0 Å². The number of aliphatic imine (C=N–C) groups is 1. The van der Waals surface area contributed by atoms with Crippen molar-refractivity contribution in [3.63, 3.8) is 0 Å². The molecule has 1 unspecified atom stereocenters. The van der Waals surface area contributed by atoms with Crippen LogP contribution in [-0.4, -0.2) is 62.2 Å². The van der Waals surface area contributed by atoms with Crippen LogP contribution in [0.4, 0.5) is 5.00 Å². The number of thiophene rings is 1. The van der Waals surface area contributed by atoms with Crippen molar-refractivity contribution in [1.82, 2.24) is 15.5 Å². The first-order valence-corrected chi connectivity index (χ1v) is 11.7. The Kier molecular flexibility index (Phi) is 8.27. The Labute approximate surface area is 169 Å². The minimum absolute atomic E-state index is 0.529. The average Bonchev–Trinajstić information content (AvgIpc) is 3.22. The van der Waals surface area contributed by atoms with Crippen LogP contribution in [0.3, 0.4) is 0 Å². The molecule has 27 heavy (non-hydrogen) atoms. The van der Waals surface area contributed by atoms with E-state index in [4.69, 9.17) is 4.99 Å². The van der Waals surface area contributed by atoms with Gasteiger partial charge in [-0.2, -0.15) is 0 Å². The van der Waals surface area contributed by atoms with Crippen LogP contribution in [-0.2, 0) is 0 Å². The molecule has 1 aromatic heterocycles. The van der Waals surface area contributed by atoms with E-state index in [1.54, 1.807) is 0 Å². The lowest BCUT2D eigenvalue weighted by atomic mass is 10.0. The molecule has 2 saturated heterocycles. The van der Waals surface area contributed by atoms with E-state index in [9.17, 15) is 0 Å². The summed E-state index contributed by atoms with van der Waals surface area (Å²) < 4.78 is 0. The van der Waals surface area contributed by atoms with Gasteiger partial charge >= 0.3 is 0 Å². The van der Waals surface area contributed by atoms with Gasteiger partial charge in [-0.25, -0.2) is 0 Å². The maximum Gasteiger partial charge on any atom is 0.191 e. The highest BCUT2D eigenvalue weighted by atomic mass is 32.1. The topological polar surface area (TPSA) is 42.9 Å². The van der Waals surface area contributed by atoms with Gasteiger partial charge in [0.1, 0.15) is 0 Å². The number of rotatable bonds is 7. The third-order valence-electron chi connectivity index (χ3n) is 5.81. The van der Waals surface area contributed by atoms with Gasteiger partial charge in [-0.05, 0) is 70.0 Å². The third-order valence-corrected chi connectivity index (χ3v) is 6.74. The van der Waals surface area contributed by atoms with Crippen molar-refractivity contribution in [2.24, 2.45) is 4.99 Å². The molecular formula is C21H37N5S. The molecule has 0 bridgehead atoms. The van der Waals surface area contributed by atoms with Gasteiger partial charge in [0.2, 0.25) is 0 Å². The summed E-state index contributed by atoms with van der Waals surface area (Å²) in [5.41, 5.74) is 0. The lowest BCUT2D eigenvalue weighted by Gasteiger charge is -2.34. The van der Waals surface area contributed by atoms with Crippen molar-refractivity contribution in [2.45, 2.75) is 64.5 Å². The second-order valence-electron chi connectivity index (χ2n) is 7.85. The van der Waals surface area contributed by atoms with E-state index in [2.05, 4.69) is 51.8 Å². The lowest BCUT2D eigenvalue weighted by Crippen LogP contribution is -2.48. The second-order valence-corrected chi connectivity index (χ2v) is 8.78. The van der Waals surface area contributed by atoms with E-state index in [0.717, 1.165) is 44.6 Å². The predicted molar refractivity (Wildman–Crippen MR) is 118 cm³/mol. The first kappa shape index (κ1) is 20.5. The number of likely N-dealkylation sites (tertiary alicyclic amines) is 1. The van der Waals surface area contributed by atoms with E-state index in [-0.39, 0.29) is 0 Å². The summed E-state index contributed by atoms with van der Waals surface area (Å²) in [6, 6.07) is 5.65. The van der Waals surface area contributed by atoms with Crippen molar-refractivity contribution in [2.75, 3.05) is 44.2 Å². The van der Waals surface area contributed by atoms with Crippen molar-refractivity contribution in [1.29, 1.82) is 0 Å². The molecule has 152 valence electrons. The highest BCUT2D eigenvalue weighted by molar-refractivity contribution is 7.14. The summed E-state index contributed by atoms with van der Waals surface area (Å²) in [5.74, 6) is 0.999. The Hall–Kier alpha value is -1.27. The van der Waals surface area contributed by atoms with E-state index in [1.807, 2.05) is 11.3 Å². The van der Waals surface area contributed by atoms with Crippen LogP contribution in [0.25, 0.3) is 0 Å². The Balaban J connectivity index is 1.39. The molecule has 5 nitrogen and oxygen atoms in total. The zero-order valence-electron chi connectivity index (χ0n) is 17.1. The van der Waals surface area contributed by atoms with E-state index < -0.39 is 0 Å². The molecule has 2 aliphatic heterocycles. The van der Waals surface area contributed by atoms with E-state index in [1.165, 1.54) is 50.2 Å². The van der Waals surface area contributed by atoms with Gasteiger partial charge in [0.05, 0.1) is 5.00 Å². The molecular weight excluding hydrogens is 354 g/mol. The summed E-state index contributed by atoms with van der Waals surface area (Å²) in [4.78, 5) is 9.99. The minimum Gasteiger partial charge on any atom is -0.363 e. The molecule has 2 aliphatic rings. The number of guanidine groups is 1. The number of nitrogens with one attached hydrogen (secondary N) is 2. The van der Waals surface area contributed by atoms with Crippen molar-refractivity contribution < 1.29 is 0 Å². The summed E-state index contributed by atoms with van der Waals surface area (Å²) in [6.07, 6.45) is 7.62. The number of nitrogens with zero attached hydrogens (tertiary/aromatic N) is 3. The Morgan fingerprint density at radius 2 is 2.07 bits per heavy atom. The SMILES string of the molecule is CCNC(=NCCCN1CCCCC1C)NC1CCN(c2cccs2)CC1. The summed E-state index contributed by atoms with van der Waals surface area (Å²) >= 11 is 1.84. The van der Waals surface area contributed by atoms with Crippen molar-refractivity contribution in [3.05, 3.63) is 17.5 Å². The molecule has 0 aliphatic carbocycles. The monoisotopic (exact) mass is 391 g/mol. The van der Waals surface area contributed by atoms with Gasteiger partial charge in [-0.3, -0.25) is 4.99 Å². The van der Waals surface area contributed by atoms with Gasteiger partial charge < -0.3 is 20.4 Å². The molecule has 6 heteroatoms. The Morgan fingerprint density at radius 3 is 2.78 bits per heavy atom. The first-order valence-electron chi connectivity index (χ1n) is 10.8. The highest BCUT2D eigenvalue weighted by Crippen LogP contribution is 2.24. The maximum absolute atomic E-state index is 4.84. The fourth-order valence-corrected chi connectivity index (χ4v) is 4.95. The standard InChI is InChI=1S/C21H37N5S/c1-3-22-21(23-12-7-14-25-13-5-4-8-18(25)2)24-19-10-15-26(16-11-19)20-9-6-17-27-20/h6,9,17-19H,3-5,7-8,10-16H2,1-2H3,(H2,22,23,24). The molecule has 2 N–H and O–H groups in total. The van der Waals surface area contributed by atoms with Gasteiger partial charge in [0.15, 0.2) is 5.96 Å². The third kappa shape index (κ3) is 6.39. The fourth-order valence-electron chi connectivity index (χ4n) is 4.16. The summed E-state index contributed by atoms with van der Waals surface area (Å²) in [5, 5.41) is 10.7. The molecule has 0 aromatic carbocycles. The number of anilines is 1. The predicted octanol–water partition coefficient (Wildman–Crippen LogP) is 3.54. The molecule has 1 aromatic rings. The van der Waals surface area contributed by atoms with Crippen molar-refractivity contribution >= 4 is 22.3 Å². The number of hydrogen-bond donors (Lipinski definition) is 2. The molecule has 0 saturated carbocycles. The summed E-state index contributed by atoms with van der Waals surface area (Å²) in [7, 11) is 0. The smallest absolute Gasteiger partial charge is 0.191 e. The van der Waals surface area contributed by atoms with E-state index >= 15 is 0 Å². The molecule has 0 spiro atoms. The van der Waals surface area contributed by atoms with Gasteiger partial charge in [-0.1, -0.05) is 6.42 Å². The van der Waals surface area contributed by atoms with Crippen LogP contribution in [0, 0.1) is 0 Å². The van der Waals surface area contributed by atoms with E-state index in [0.29, 0.717) is 6.04 Å². The van der Waals surface area contributed by atoms with Crippen molar-refractivity contribution in [3.8, 4) is 0 Å². The fraction of sp³-hybridized carbons (Fsp3) is 0.762. The Bertz CT molecular complexity index is 551. The van der Waals surface area contributed by atoms with Crippen LogP contribution < -0.4 is 15.5 Å². The molecule has 3 heterocycles. The lowest BCUT2D eigenvalue weighted by molar-refractivity contribution is 0.160. The van der Waals surface area contributed by atoms with Gasteiger partial charge in [0, 0.05) is 44.8 Å². The number of hydrogen-bond acceptors (Lipinski definition) is 4. The van der Waals surface area contributed by atoms with Gasteiger partial charge in [0.25, 0.3) is 0 Å². The maximum atomic E-state index is 4.84. The highest BCUT2D eigenvalue weighted by Gasteiger charge is 2.21. The van der Waals surface area contributed by atoms with Crippen LogP contribution in [0.1, 0.15) is 52.4 Å². The second kappa shape index (κ2) is 10.9. The molecule has 0 radical (unpaired) electrons. The summed E-state index contributed by atoms with van der Waals surface area (Å²) in [6.45, 7) is 11.1. The molecule has 2 fully saturated rings. The minimum atomic E-state index is 0.529. The molecule has 3 rings (SSSR count). The zero-order valence-corrected chi connectivity index (χ0v) is 17.9. The van der Waals surface area contributed by atoms with Crippen LogP contribution in [0.2, 0.25) is 0 Å². The quantitative estimate of drug-likeness (QED) is 0.424. The van der Waals surface area contributed by atoms with Crippen LogP contribution in [0.15, 0.2) is 22.5 Å². The largest absolute Gasteiger partial charge is 0.363 e. The molecule has 0 amide bonds. The molecule has 1 atom stereocenters. The number of piperidine rings is 2. The zero-order chi connectivity index (χ0) is 18.9. The van der Waals surface area contributed by atoms with Gasteiger partial charge in [-0.15, -0.1) is 11.3 Å². The van der Waals surface area contributed by atoms with Crippen LogP contribution >= 0.6 is 11.3 Å². The Morgan fingerprint density at radius 1 is 1.22 bits per heavy atom. The first-order chi connectivity index (χ1) is 13.3. The average molecular weight is 392 g/mol.